The van der Waals surface area contributed by atoms with Crippen LogP contribution < -0.4 is 11.1 Å². The lowest BCUT2D eigenvalue weighted by molar-refractivity contribution is 0.798. The molecule has 0 spiro atoms. The van der Waals surface area contributed by atoms with E-state index < -0.39 is 0 Å². The van der Waals surface area contributed by atoms with Gasteiger partial charge in [0, 0.05) is 6.20 Å². The van der Waals surface area contributed by atoms with Gasteiger partial charge in [0.05, 0.1) is 11.1 Å². The minimum atomic E-state index is -0.337. The number of nitrogens with zero attached hydrogens (tertiary/aromatic N) is 2. The SMILES string of the molecule is O=c1[nH]n(-c2ccccc2)c(=O)c2ncccc12. The van der Waals surface area contributed by atoms with Gasteiger partial charge in [-0.25, -0.2) is 4.68 Å². The lowest BCUT2D eigenvalue weighted by Gasteiger charge is -2.05. The molecule has 5 heteroatoms. The molecule has 0 fully saturated rings. The van der Waals surface area contributed by atoms with Crippen molar-refractivity contribution in [3.63, 3.8) is 0 Å². The lowest BCUT2D eigenvalue weighted by Crippen LogP contribution is -2.29. The molecule has 0 aliphatic carbocycles. The number of rotatable bonds is 1. The summed E-state index contributed by atoms with van der Waals surface area (Å²) in [5, 5.41) is 2.84. The van der Waals surface area contributed by atoms with Gasteiger partial charge in [-0.05, 0) is 24.3 Å². The van der Waals surface area contributed by atoms with Crippen LogP contribution in [0.4, 0.5) is 0 Å². The van der Waals surface area contributed by atoms with Crippen molar-refractivity contribution in [2.45, 2.75) is 0 Å². The molecule has 0 radical (unpaired) electrons. The average molecular weight is 239 g/mol. The Balaban J connectivity index is 2.43. The van der Waals surface area contributed by atoms with E-state index in [9.17, 15) is 9.59 Å². The summed E-state index contributed by atoms with van der Waals surface area (Å²) >= 11 is 0. The third-order valence-electron chi connectivity index (χ3n) is 2.69. The maximum Gasteiger partial charge on any atom is 0.296 e. The van der Waals surface area contributed by atoms with Gasteiger partial charge in [-0.2, -0.15) is 0 Å². The minimum absolute atomic E-state index is 0.171. The number of aromatic nitrogens is 3. The molecule has 2 aromatic heterocycles. The van der Waals surface area contributed by atoms with Crippen molar-refractivity contribution in [1.82, 2.24) is 14.8 Å². The Morgan fingerprint density at radius 1 is 1.00 bits per heavy atom. The van der Waals surface area contributed by atoms with Crippen molar-refractivity contribution >= 4 is 10.9 Å². The van der Waals surface area contributed by atoms with Gasteiger partial charge in [0.15, 0.2) is 0 Å². The number of hydrogen-bond acceptors (Lipinski definition) is 3. The Morgan fingerprint density at radius 2 is 1.78 bits per heavy atom. The van der Waals surface area contributed by atoms with Crippen molar-refractivity contribution in [3.05, 3.63) is 69.4 Å². The van der Waals surface area contributed by atoms with E-state index in [4.69, 9.17) is 0 Å². The zero-order valence-electron chi connectivity index (χ0n) is 9.33. The molecule has 1 N–H and O–H groups in total. The van der Waals surface area contributed by atoms with Gasteiger partial charge < -0.3 is 0 Å². The molecule has 2 heterocycles. The first-order valence-corrected chi connectivity index (χ1v) is 5.43. The van der Waals surface area contributed by atoms with Crippen molar-refractivity contribution in [2.24, 2.45) is 0 Å². The largest absolute Gasteiger partial charge is 0.296 e. The van der Waals surface area contributed by atoms with Crippen LogP contribution in [-0.4, -0.2) is 14.8 Å². The van der Waals surface area contributed by atoms with E-state index >= 15 is 0 Å². The fourth-order valence-electron chi connectivity index (χ4n) is 1.84. The zero-order chi connectivity index (χ0) is 12.5. The highest BCUT2D eigenvalue weighted by atomic mass is 16.2. The topological polar surface area (TPSA) is 67.8 Å². The molecule has 0 unspecified atom stereocenters. The molecule has 0 atom stereocenters. The van der Waals surface area contributed by atoms with E-state index in [2.05, 4.69) is 10.1 Å². The maximum absolute atomic E-state index is 12.2. The molecule has 1 aromatic carbocycles. The summed E-state index contributed by atoms with van der Waals surface area (Å²) < 4.78 is 1.21. The number of aromatic amines is 1. The Labute approximate surface area is 101 Å². The second-order valence-electron chi connectivity index (χ2n) is 3.82. The average Bonchev–Trinajstić information content (AvgIpc) is 2.44. The van der Waals surface area contributed by atoms with E-state index in [-0.39, 0.29) is 16.6 Å². The van der Waals surface area contributed by atoms with Gasteiger partial charge in [0.2, 0.25) is 0 Å². The fraction of sp³-hybridized carbons (Fsp3) is 0. The highest BCUT2D eigenvalue weighted by molar-refractivity contribution is 5.76. The van der Waals surface area contributed by atoms with Gasteiger partial charge in [0.25, 0.3) is 11.1 Å². The first-order valence-electron chi connectivity index (χ1n) is 5.43. The third kappa shape index (κ3) is 1.53. The first kappa shape index (κ1) is 10.5. The standard InChI is InChI=1S/C13H9N3O2/c17-12-10-7-4-8-14-11(10)13(18)16(15-12)9-5-2-1-3-6-9/h1-8H,(H,15,17). The van der Waals surface area contributed by atoms with E-state index in [0.29, 0.717) is 11.1 Å². The monoisotopic (exact) mass is 239 g/mol. The van der Waals surface area contributed by atoms with Gasteiger partial charge in [0.1, 0.15) is 5.52 Å². The Morgan fingerprint density at radius 3 is 2.56 bits per heavy atom. The van der Waals surface area contributed by atoms with Crippen LogP contribution in [0.5, 0.6) is 0 Å². The van der Waals surface area contributed by atoms with Crippen LogP contribution in [0.15, 0.2) is 58.3 Å². The predicted octanol–water partition coefficient (Wildman–Crippen LogP) is 1.07. The van der Waals surface area contributed by atoms with Crippen LogP contribution in [0.25, 0.3) is 16.6 Å². The number of nitrogens with one attached hydrogen (secondary N) is 1. The summed E-state index contributed by atoms with van der Waals surface area (Å²) in [6, 6.07) is 12.1. The summed E-state index contributed by atoms with van der Waals surface area (Å²) in [7, 11) is 0. The molecule has 0 amide bonds. The van der Waals surface area contributed by atoms with Gasteiger partial charge >= 0.3 is 0 Å². The number of pyridine rings is 1. The molecular weight excluding hydrogens is 230 g/mol. The normalized spacial score (nSPS) is 10.7. The summed E-state index contributed by atoms with van der Waals surface area (Å²) in [6.07, 6.45) is 1.50. The maximum atomic E-state index is 12.2. The number of para-hydroxylation sites is 1. The van der Waals surface area contributed by atoms with E-state index in [1.54, 1.807) is 36.4 Å². The van der Waals surface area contributed by atoms with Crippen LogP contribution in [0, 0.1) is 0 Å². The predicted molar refractivity (Wildman–Crippen MR) is 68.0 cm³/mol. The number of hydrogen-bond donors (Lipinski definition) is 1. The molecule has 3 aromatic rings. The first-order chi connectivity index (χ1) is 8.77. The highest BCUT2D eigenvalue weighted by Crippen LogP contribution is 2.04. The van der Waals surface area contributed by atoms with Crippen LogP contribution in [-0.2, 0) is 0 Å². The molecule has 18 heavy (non-hydrogen) atoms. The summed E-state index contributed by atoms with van der Waals surface area (Å²) in [5.41, 5.74) is 0.107. The van der Waals surface area contributed by atoms with Crippen LogP contribution >= 0.6 is 0 Å². The van der Waals surface area contributed by atoms with Crippen molar-refractivity contribution < 1.29 is 0 Å². The smallest absolute Gasteiger partial charge is 0.267 e. The van der Waals surface area contributed by atoms with Crippen molar-refractivity contribution in [2.75, 3.05) is 0 Å². The number of benzene rings is 1. The molecule has 0 saturated carbocycles. The zero-order valence-corrected chi connectivity index (χ0v) is 9.33. The van der Waals surface area contributed by atoms with Gasteiger partial charge in [-0.1, -0.05) is 18.2 Å². The Hall–Kier alpha value is -2.69. The molecule has 88 valence electrons. The molecule has 3 rings (SSSR count). The van der Waals surface area contributed by atoms with Crippen molar-refractivity contribution in [3.8, 4) is 5.69 Å². The molecule has 0 bridgehead atoms. The second kappa shape index (κ2) is 3.96. The molecular formula is C13H9N3O2. The quantitative estimate of drug-likeness (QED) is 0.690. The lowest BCUT2D eigenvalue weighted by atomic mass is 10.3. The van der Waals surface area contributed by atoms with E-state index in [1.165, 1.54) is 10.9 Å². The summed E-state index contributed by atoms with van der Waals surface area (Å²) in [5.74, 6) is 0. The fourth-order valence-corrected chi connectivity index (χ4v) is 1.84. The Kier molecular flexibility index (Phi) is 2.30. The summed E-state index contributed by atoms with van der Waals surface area (Å²) in [4.78, 5) is 28.1. The molecule has 0 saturated heterocycles. The van der Waals surface area contributed by atoms with E-state index in [1.807, 2.05) is 6.07 Å². The van der Waals surface area contributed by atoms with Crippen LogP contribution in [0.1, 0.15) is 0 Å². The van der Waals surface area contributed by atoms with Crippen molar-refractivity contribution in [1.29, 1.82) is 0 Å². The van der Waals surface area contributed by atoms with E-state index in [0.717, 1.165) is 0 Å². The van der Waals surface area contributed by atoms with Gasteiger partial charge in [-0.15, -0.1) is 0 Å². The summed E-state index contributed by atoms with van der Waals surface area (Å²) in [6.45, 7) is 0. The van der Waals surface area contributed by atoms with Crippen LogP contribution in [0.3, 0.4) is 0 Å². The third-order valence-corrected chi connectivity index (χ3v) is 2.69. The number of fused-ring (bicyclic) bond motifs is 1. The highest BCUT2D eigenvalue weighted by Gasteiger charge is 2.08. The number of H-pyrrole nitrogens is 1. The minimum Gasteiger partial charge on any atom is -0.267 e. The van der Waals surface area contributed by atoms with Gasteiger partial charge in [-0.3, -0.25) is 19.7 Å². The molecule has 0 aliphatic heterocycles. The molecule has 5 nitrogen and oxygen atoms in total. The second-order valence-corrected chi connectivity index (χ2v) is 3.82. The van der Waals surface area contributed by atoms with Crippen LogP contribution in [0.2, 0.25) is 0 Å². The Bertz CT molecular complexity index is 819. The molecule has 0 aliphatic rings.